The van der Waals surface area contributed by atoms with E-state index in [1.54, 1.807) is 62.1 Å². The van der Waals surface area contributed by atoms with Gasteiger partial charge in [0.1, 0.15) is 34.7 Å². The summed E-state index contributed by atoms with van der Waals surface area (Å²) >= 11 is 6.54. The lowest BCUT2D eigenvalue weighted by atomic mass is 9.50. The molecule has 1 aliphatic heterocycles. The van der Waals surface area contributed by atoms with E-state index in [0.717, 1.165) is 77.3 Å². The van der Waals surface area contributed by atoms with E-state index >= 15 is 0 Å². The average Bonchev–Trinajstić information content (AvgIpc) is 0.974. The van der Waals surface area contributed by atoms with E-state index in [0.29, 0.717) is 50.2 Å². The first kappa shape index (κ1) is 65.0. The SMILES string of the molecule is C.CC(=O)Nc1cc(-c2cnc(N(C)C)c(C(=O)NC34CC(C3)C4)c2)ccn1.CC(=O)Nc1cc(B2OC(C)(C)C(C)(C)O2)ccn1.CN(C)c1ncc(Br)cc1C(=O)NC12CC(C1)C2.CN(C)c1ncc(Br)cc1C(=O)O.NC12CC(C1)C2. The summed E-state index contributed by atoms with van der Waals surface area (Å²) in [6.45, 7) is 10.9. The van der Waals surface area contributed by atoms with Gasteiger partial charge in [-0.2, -0.15) is 0 Å². The fourth-order valence-electron chi connectivity index (χ4n) is 11.1. The molecule has 24 heteroatoms. The highest BCUT2D eigenvalue weighted by Gasteiger charge is 2.58. The van der Waals surface area contributed by atoms with Crippen molar-refractivity contribution in [3.63, 3.8) is 0 Å². The zero-order chi connectivity index (χ0) is 60.6. The number of carbonyl (C=O) groups is 5. The first-order chi connectivity index (χ1) is 38.9. The number of aromatic carboxylic acids is 1. The quantitative estimate of drug-likeness (QED) is 0.0637. The van der Waals surface area contributed by atoms with Crippen molar-refractivity contribution in [2.75, 3.05) is 67.6 Å². The highest BCUT2D eigenvalue weighted by molar-refractivity contribution is 9.10. The summed E-state index contributed by atoms with van der Waals surface area (Å²) in [7, 11) is 10.6. The van der Waals surface area contributed by atoms with Gasteiger partial charge in [-0.1, -0.05) is 7.43 Å². The highest BCUT2D eigenvalue weighted by Crippen LogP contribution is 2.58. The predicted octanol–water partition coefficient (Wildman–Crippen LogP) is 8.72. The monoisotopic (exact) mass is 1280 g/mol. The maximum Gasteiger partial charge on any atom is 0.495 e. The number of carboxylic acids is 1. The molecule has 1 saturated heterocycles. The molecule has 0 atom stereocenters. The Morgan fingerprint density at radius 2 is 0.952 bits per heavy atom. The van der Waals surface area contributed by atoms with Gasteiger partial charge in [0.2, 0.25) is 11.8 Å². The highest BCUT2D eigenvalue weighted by atomic mass is 79.9. The fourth-order valence-corrected chi connectivity index (χ4v) is 11.8. The van der Waals surface area contributed by atoms with E-state index in [9.17, 15) is 24.0 Å². The van der Waals surface area contributed by atoms with Gasteiger partial charge in [0, 0.05) is 118 Å². The molecule has 15 rings (SSSR count). The van der Waals surface area contributed by atoms with Crippen LogP contribution in [0.5, 0.6) is 0 Å². The number of halogens is 2. The lowest BCUT2D eigenvalue weighted by Gasteiger charge is -2.61. The van der Waals surface area contributed by atoms with Crippen LogP contribution in [0.15, 0.2) is 82.4 Å². The minimum atomic E-state index is -0.975. The lowest BCUT2D eigenvalue weighted by molar-refractivity contribution is -0.115. The van der Waals surface area contributed by atoms with Crippen LogP contribution in [-0.2, 0) is 18.9 Å². The van der Waals surface area contributed by atoms with Crippen LogP contribution >= 0.6 is 31.9 Å². The Labute approximate surface area is 510 Å². The number of nitrogens with two attached hydrogens (primary N) is 1. The van der Waals surface area contributed by atoms with Crippen LogP contribution in [0.25, 0.3) is 11.1 Å². The molecular formula is C60H80BBr2N13O8. The van der Waals surface area contributed by atoms with Gasteiger partial charge < -0.3 is 56.1 Å². The van der Waals surface area contributed by atoms with Crippen LogP contribution in [0.4, 0.5) is 29.1 Å². The number of aromatic nitrogens is 5. The standard InChI is InChI=1S/C20H23N5O2.C13H19BN2O3.C13H16BrN3O.C8H9BrN2O2.C5H9N.CH4/c1-12(26)23-17-7-14(4-5-21-17)15-6-16(18(22-11-15)25(2)3)19(27)24-20-8-13(9-20)10-20;1-9(17)16-11-8-10(6-7-15-11)14-18-12(2,3)13(4,5)19-14;1-17(2)11-10(3-9(14)7-15-11)12(18)16-13-4-8(5-13)6-13;1-11(2)7-6(8(12)13)3-5(9)4-10-7;6-5-1-4(2-5)3-5;/h4-7,11,13H,8-10H2,1-3H3,(H,24,27)(H,21,23,26);6-8H,1-5H3,(H,15,16,17);3,7-8H,4-6H2,1-2H3,(H,16,18);3-4H,1-2H3,(H,12,13);4H,1-3,6H2;1H4. The van der Waals surface area contributed by atoms with Gasteiger partial charge >= 0.3 is 13.1 Å². The van der Waals surface area contributed by atoms with Crippen molar-refractivity contribution < 1.29 is 38.4 Å². The molecule has 0 radical (unpaired) electrons. The molecule has 450 valence electrons. The minimum Gasteiger partial charge on any atom is -0.478 e. The van der Waals surface area contributed by atoms with Crippen molar-refractivity contribution in [1.29, 1.82) is 0 Å². The summed E-state index contributed by atoms with van der Waals surface area (Å²) in [5.74, 6) is 4.08. The molecular weight excluding hydrogens is 1200 g/mol. The molecule has 6 heterocycles. The van der Waals surface area contributed by atoms with Gasteiger partial charge in [-0.3, -0.25) is 19.2 Å². The molecule has 6 bridgehead atoms. The Bertz CT molecular complexity index is 3220. The predicted molar refractivity (Wildman–Crippen MR) is 336 cm³/mol. The van der Waals surface area contributed by atoms with E-state index in [1.165, 1.54) is 39.2 Å². The summed E-state index contributed by atoms with van der Waals surface area (Å²) < 4.78 is 13.4. The number of hydrogen-bond acceptors (Lipinski definition) is 16. The first-order valence-electron chi connectivity index (χ1n) is 27.7. The minimum absolute atomic E-state index is 0. The van der Waals surface area contributed by atoms with E-state index in [1.807, 2.05) is 90.0 Å². The van der Waals surface area contributed by atoms with Gasteiger partial charge in [-0.25, -0.2) is 29.7 Å². The molecule has 10 fully saturated rings. The number of nitrogens with zero attached hydrogens (tertiary/aromatic N) is 8. The average molecular weight is 1280 g/mol. The van der Waals surface area contributed by atoms with Crippen molar-refractivity contribution in [3.8, 4) is 11.1 Å². The van der Waals surface area contributed by atoms with Crippen molar-refractivity contribution in [1.82, 2.24) is 35.6 Å². The number of amides is 4. The molecule has 7 N–H and O–H groups in total. The van der Waals surface area contributed by atoms with E-state index < -0.39 is 13.1 Å². The number of pyridine rings is 5. The van der Waals surface area contributed by atoms with Gasteiger partial charge in [0.05, 0.1) is 22.3 Å². The second-order valence-corrected chi connectivity index (χ2v) is 26.6. The second-order valence-electron chi connectivity index (χ2n) is 24.8. The Hall–Kier alpha value is -6.60. The first-order valence-corrected chi connectivity index (χ1v) is 29.3. The van der Waals surface area contributed by atoms with E-state index in [4.69, 9.17) is 20.1 Å². The largest absolute Gasteiger partial charge is 0.495 e. The number of nitrogens with one attached hydrogen (secondary N) is 4. The molecule has 9 aliphatic carbocycles. The van der Waals surface area contributed by atoms with Gasteiger partial charge in [-0.05, 0) is 189 Å². The van der Waals surface area contributed by atoms with Gasteiger partial charge in [-0.15, -0.1) is 0 Å². The number of carboxylic acid groups (broad SMARTS) is 1. The second kappa shape index (κ2) is 25.5. The third-order valence-corrected chi connectivity index (χ3v) is 17.3. The Kier molecular flexibility index (Phi) is 19.8. The van der Waals surface area contributed by atoms with Crippen molar-refractivity contribution in [2.24, 2.45) is 23.5 Å². The molecule has 5 aromatic heterocycles. The summed E-state index contributed by atoms with van der Waals surface area (Å²) in [5.41, 5.74) is 9.28. The van der Waals surface area contributed by atoms with E-state index in [2.05, 4.69) is 78.0 Å². The molecule has 5 aromatic rings. The van der Waals surface area contributed by atoms with Crippen LogP contribution in [0.1, 0.15) is 138 Å². The third-order valence-electron chi connectivity index (χ3n) is 16.5. The summed E-state index contributed by atoms with van der Waals surface area (Å²) in [5, 5.41) is 20.6. The normalized spacial score (nSPS) is 23.8. The smallest absolute Gasteiger partial charge is 0.478 e. The van der Waals surface area contributed by atoms with Crippen LogP contribution < -0.4 is 47.2 Å². The molecule has 4 amide bonds. The third kappa shape index (κ3) is 15.1. The lowest BCUT2D eigenvalue weighted by Crippen LogP contribution is -2.68. The van der Waals surface area contributed by atoms with Crippen molar-refractivity contribution in [2.45, 2.75) is 135 Å². The van der Waals surface area contributed by atoms with Crippen LogP contribution in [0, 0.1) is 17.8 Å². The van der Waals surface area contributed by atoms with E-state index in [-0.39, 0.29) is 58.9 Å². The molecule has 0 unspecified atom stereocenters. The molecule has 84 heavy (non-hydrogen) atoms. The molecule has 10 aliphatic rings. The number of hydrogen-bond donors (Lipinski definition) is 6. The van der Waals surface area contributed by atoms with Crippen LogP contribution in [0.3, 0.4) is 0 Å². The maximum absolute atomic E-state index is 13.0. The molecule has 21 nitrogen and oxygen atoms in total. The zero-order valence-corrected chi connectivity index (χ0v) is 52.5. The topological polar surface area (TPSA) is 272 Å². The van der Waals surface area contributed by atoms with Crippen molar-refractivity contribution in [3.05, 3.63) is 99.1 Å². The summed E-state index contributed by atoms with van der Waals surface area (Å²) in [6, 6.07) is 12.4. The number of carbonyl (C=O) groups excluding carboxylic acids is 4. The number of rotatable bonds is 12. The van der Waals surface area contributed by atoms with Gasteiger partial charge in [0.15, 0.2) is 0 Å². The zero-order valence-electron chi connectivity index (χ0n) is 49.3. The summed E-state index contributed by atoms with van der Waals surface area (Å²) in [4.78, 5) is 84.8. The molecule has 9 saturated carbocycles. The van der Waals surface area contributed by atoms with Gasteiger partial charge in [0.25, 0.3) is 11.8 Å². The van der Waals surface area contributed by atoms with Crippen LogP contribution in [-0.4, -0.2) is 137 Å². The number of anilines is 5. The fraction of sp³-hybridized carbons (Fsp3) is 0.500. The Balaban J connectivity index is 0.000000159. The van der Waals surface area contributed by atoms with Crippen LogP contribution in [0.2, 0.25) is 0 Å². The molecule has 0 spiro atoms. The van der Waals surface area contributed by atoms with Crippen molar-refractivity contribution >= 4 is 103 Å². The maximum atomic E-state index is 13.0. The Morgan fingerprint density at radius 3 is 1.33 bits per heavy atom. The summed E-state index contributed by atoms with van der Waals surface area (Å²) in [6.07, 6.45) is 19.0. The Morgan fingerprint density at radius 1 is 0.571 bits per heavy atom. The molecule has 0 aromatic carbocycles.